The summed E-state index contributed by atoms with van der Waals surface area (Å²) in [5.74, 6) is -1.23. The summed E-state index contributed by atoms with van der Waals surface area (Å²) in [6.07, 6.45) is -0.727. The van der Waals surface area contributed by atoms with Crippen LogP contribution in [-0.2, 0) is 4.79 Å². The number of carboxylic acid groups (broad SMARTS) is 1. The number of carbonyl (C=O) groups excluding carboxylic acids is 1. The molecular weight excluding hydrogens is 438 g/mol. The minimum absolute atomic E-state index is 0.0574. The molecule has 0 saturated carbocycles. The minimum Gasteiger partial charge on any atom is -0.465 e. The lowest BCUT2D eigenvalue weighted by Crippen LogP contribution is -2.52. The first kappa shape index (κ1) is 18.7. The van der Waals surface area contributed by atoms with E-state index in [2.05, 4.69) is 15.9 Å². The molecule has 2 amide bonds. The van der Waals surface area contributed by atoms with Crippen LogP contribution in [0.1, 0.15) is 24.4 Å². The van der Waals surface area contributed by atoms with E-state index in [1.807, 2.05) is 0 Å². The number of piperidine rings is 1. The number of halogens is 3. The molecule has 9 heteroatoms. The maximum absolute atomic E-state index is 14.1. The van der Waals surface area contributed by atoms with Gasteiger partial charge in [-0.2, -0.15) is 0 Å². The van der Waals surface area contributed by atoms with Gasteiger partial charge in [-0.1, -0.05) is 6.07 Å². The van der Waals surface area contributed by atoms with Gasteiger partial charge in [-0.15, -0.1) is 0 Å². The molecule has 2 aliphatic heterocycles. The van der Waals surface area contributed by atoms with E-state index in [1.54, 1.807) is 0 Å². The van der Waals surface area contributed by atoms with E-state index in [0.717, 1.165) is 17.0 Å². The number of fused-ring (bicyclic) bond motifs is 5. The van der Waals surface area contributed by atoms with Gasteiger partial charge in [-0.25, -0.2) is 13.6 Å². The Bertz CT molecular complexity index is 1000. The average molecular weight is 453 g/mol. The fourth-order valence-corrected chi connectivity index (χ4v) is 4.13. The maximum atomic E-state index is 14.1. The number of ether oxygens (including phenoxy) is 1. The zero-order valence-electron chi connectivity index (χ0n) is 14.7. The highest BCUT2D eigenvalue weighted by molar-refractivity contribution is 9.10. The third-order valence-corrected chi connectivity index (χ3v) is 5.75. The molecule has 0 aliphatic carbocycles. The number of hydrogen-bond donors (Lipinski definition) is 1. The van der Waals surface area contributed by atoms with Gasteiger partial charge in [0.1, 0.15) is 17.4 Å². The first-order valence-corrected chi connectivity index (χ1v) is 9.31. The molecule has 28 heavy (non-hydrogen) atoms. The van der Waals surface area contributed by atoms with Crippen molar-refractivity contribution < 1.29 is 28.2 Å². The summed E-state index contributed by atoms with van der Waals surface area (Å²) in [4.78, 5) is 27.1. The molecule has 1 saturated heterocycles. The predicted octanol–water partition coefficient (Wildman–Crippen LogP) is 4.68. The van der Waals surface area contributed by atoms with Crippen LogP contribution in [0.15, 0.2) is 34.8 Å². The van der Waals surface area contributed by atoms with Crippen LogP contribution in [0.25, 0.3) is 0 Å². The van der Waals surface area contributed by atoms with E-state index in [4.69, 9.17) is 4.74 Å². The van der Waals surface area contributed by atoms with Crippen molar-refractivity contribution >= 4 is 33.6 Å². The minimum atomic E-state index is -1.14. The van der Waals surface area contributed by atoms with E-state index in [1.165, 1.54) is 30.1 Å². The highest BCUT2D eigenvalue weighted by Crippen LogP contribution is 2.50. The fourth-order valence-electron chi connectivity index (χ4n) is 3.80. The van der Waals surface area contributed by atoms with E-state index in [0.29, 0.717) is 17.7 Å². The number of rotatable bonds is 1. The van der Waals surface area contributed by atoms with Gasteiger partial charge in [0.2, 0.25) is 5.91 Å². The van der Waals surface area contributed by atoms with Crippen LogP contribution in [0.2, 0.25) is 0 Å². The molecule has 0 aromatic heterocycles. The van der Waals surface area contributed by atoms with Gasteiger partial charge >= 0.3 is 6.09 Å². The smallest absolute Gasteiger partial charge is 0.407 e. The highest BCUT2D eigenvalue weighted by atomic mass is 79.9. The Kier molecular flexibility index (Phi) is 4.49. The fraction of sp³-hybridized carbons (Fsp3) is 0.263. The van der Waals surface area contributed by atoms with Crippen molar-refractivity contribution in [2.45, 2.75) is 24.9 Å². The molecule has 0 spiro atoms. The quantitative estimate of drug-likeness (QED) is 0.681. The largest absolute Gasteiger partial charge is 0.465 e. The molecule has 2 aliphatic rings. The Hall–Kier alpha value is -2.68. The van der Waals surface area contributed by atoms with E-state index >= 15 is 0 Å². The number of hydrogen-bond acceptors (Lipinski definition) is 3. The second-order valence-electron chi connectivity index (χ2n) is 6.73. The molecule has 2 aromatic carbocycles. The summed E-state index contributed by atoms with van der Waals surface area (Å²) in [6.45, 7) is 0. The van der Waals surface area contributed by atoms with Crippen LogP contribution >= 0.6 is 15.9 Å². The van der Waals surface area contributed by atoms with Gasteiger partial charge in [0, 0.05) is 31.2 Å². The predicted molar refractivity (Wildman–Crippen MR) is 99.6 cm³/mol. The molecule has 1 N–H and O–H groups in total. The third-order valence-electron chi connectivity index (χ3n) is 5.14. The van der Waals surface area contributed by atoms with E-state index in [9.17, 15) is 23.5 Å². The summed E-state index contributed by atoms with van der Waals surface area (Å²) in [7, 11) is 1.43. The summed E-state index contributed by atoms with van der Waals surface area (Å²) in [6, 6.07) is 5.06. The molecule has 0 bridgehead atoms. The number of benzene rings is 2. The van der Waals surface area contributed by atoms with Crippen LogP contribution in [0, 0.1) is 11.6 Å². The molecule has 2 atom stereocenters. The van der Waals surface area contributed by atoms with Gasteiger partial charge in [0.25, 0.3) is 0 Å². The lowest BCUT2D eigenvalue weighted by molar-refractivity contribution is -0.121. The lowest BCUT2D eigenvalue weighted by atomic mass is 9.88. The summed E-state index contributed by atoms with van der Waals surface area (Å²) in [5.41, 5.74) is 0.753. The molecule has 1 fully saturated rings. The van der Waals surface area contributed by atoms with Crippen molar-refractivity contribution in [3.63, 3.8) is 0 Å². The normalized spacial score (nSPS) is 20.4. The van der Waals surface area contributed by atoms with Crippen molar-refractivity contribution in [3.8, 4) is 11.5 Å². The maximum Gasteiger partial charge on any atom is 0.407 e. The Morgan fingerprint density at radius 2 is 2.04 bits per heavy atom. The topological polar surface area (TPSA) is 70.1 Å². The monoisotopic (exact) mass is 452 g/mol. The van der Waals surface area contributed by atoms with E-state index in [-0.39, 0.29) is 28.3 Å². The van der Waals surface area contributed by atoms with Crippen molar-refractivity contribution in [1.82, 2.24) is 4.90 Å². The van der Waals surface area contributed by atoms with E-state index < -0.39 is 29.8 Å². The van der Waals surface area contributed by atoms with Gasteiger partial charge in [0.05, 0.1) is 22.2 Å². The Morgan fingerprint density at radius 3 is 2.75 bits per heavy atom. The number of anilines is 1. The molecule has 0 radical (unpaired) electrons. The summed E-state index contributed by atoms with van der Waals surface area (Å²) < 4.78 is 33.9. The lowest BCUT2D eigenvalue weighted by Gasteiger charge is -2.43. The van der Waals surface area contributed by atoms with Gasteiger partial charge in [-0.3, -0.25) is 9.69 Å². The van der Waals surface area contributed by atoms with Crippen molar-refractivity contribution in [2.24, 2.45) is 0 Å². The second kappa shape index (κ2) is 6.73. The first-order valence-electron chi connectivity index (χ1n) is 8.52. The Labute approximate surface area is 167 Å². The summed E-state index contributed by atoms with van der Waals surface area (Å²) >= 11 is 3.12. The van der Waals surface area contributed by atoms with Crippen LogP contribution in [0.4, 0.5) is 19.3 Å². The molecule has 6 nitrogen and oxygen atoms in total. The Morgan fingerprint density at radius 1 is 1.29 bits per heavy atom. The van der Waals surface area contributed by atoms with Crippen LogP contribution in [0.5, 0.6) is 11.5 Å². The van der Waals surface area contributed by atoms with Crippen molar-refractivity contribution in [1.29, 1.82) is 0 Å². The summed E-state index contributed by atoms with van der Waals surface area (Å²) in [5, 5.41) is 9.50. The zero-order chi connectivity index (χ0) is 20.2. The van der Waals surface area contributed by atoms with Crippen LogP contribution in [0.3, 0.4) is 0 Å². The zero-order valence-corrected chi connectivity index (χ0v) is 16.2. The number of likely N-dealkylation sites (N-methyl/N-ethyl adjacent to an activating group) is 1. The van der Waals surface area contributed by atoms with Crippen molar-refractivity contribution in [3.05, 3.63) is 52.0 Å². The number of carbonyl (C=O) groups is 2. The van der Waals surface area contributed by atoms with Crippen molar-refractivity contribution in [2.75, 3.05) is 11.9 Å². The number of amides is 2. The van der Waals surface area contributed by atoms with Gasteiger partial charge < -0.3 is 14.7 Å². The van der Waals surface area contributed by atoms with Gasteiger partial charge in [-0.05, 0) is 34.5 Å². The molecule has 2 aromatic rings. The van der Waals surface area contributed by atoms with Crippen LogP contribution < -0.4 is 9.64 Å². The van der Waals surface area contributed by atoms with Gasteiger partial charge in [0.15, 0.2) is 5.75 Å². The SMILES string of the molecule is CN(C(=O)O)[C@@H]1CCC(=O)N2c3cc(Br)c(F)cc3Oc3cc(F)ccc3[C@@H]12. The molecule has 146 valence electrons. The van der Waals surface area contributed by atoms with Crippen LogP contribution in [-0.4, -0.2) is 35.1 Å². The number of nitrogens with zero attached hydrogens (tertiary/aromatic N) is 2. The second-order valence-corrected chi connectivity index (χ2v) is 7.58. The standard InChI is InChI=1S/C19H15BrF2N2O4/c1-23(19(26)27)13-4-5-17(25)24-14-7-11(20)12(22)8-16(14)28-15-6-9(21)2-3-10(15)18(13)24/h2-3,6-8,13,18H,4-5H2,1H3,(H,26,27)/t13-,18+/m1/s1. The highest BCUT2D eigenvalue weighted by Gasteiger charge is 2.45. The third kappa shape index (κ3) is 2.90. The first-order chi connectivity index (χ1) is 13.3. The molecule has 4 rings (SSSR count). The molecular formula is C19H15BrF2N2O4. The molecule has 0 unspecified atom stereocenters. The Balaban J connectivity index is 1.99. The molecule has 2 heterocycles. The average Bonchev–Trinajstić information content (AvgIpc) is 2.77.